The summed E-state index contributed by atoms with van der Waals surface area (Å²) in [6.07, 6.45) is 0.963. The Bertz CT molecular complexity index is 722. The molecule has 0 saturated carbocycles. The number of amides is 1. The molecule has 1 amide bonds. The normalized spacial score (nSPS) is 16.5. The zero-order valence-corrected chi connectivity index (χ0v) is 13.2. The second kappa shape index (κ2) is 5.53. The molecule has 3 rings (SSSR count). The van der Waals surface area contributed by atoms with Gasteiger partial charge in [-0.25, -0.2) is 5.06 Å². The topological polar surface area (TPSA) is 63.8 Å². The van der Waals surface area contributed by atoms with E-state index in [2.05, 4.69) is 4.98 Å². The van der Waals surface area contributed by atoms with Gasteiger partial charge in [0, 0.05) is 24.4 Å². The third kappa shape index (κ3) is 2.29. The van der Waals surface area contributed by atoms with Gasteiger partial charge in [0.05, 0.1) is 19.2 Å². The van der Waals surface area contributed by atoms with Crippen LogP contribution in [0.5, 0.6) is 11.5 Å². The van der Waals surface area contributed by atoms with E-state index in [-0.39, 0.29) is 12.0 Å². The third-order valence-corrected chi connectivity index (χ3v) is 3.82. The molecule has 0 radical (unpaired) electrons. The lowest BCUT2D eigenvalue weighted by Crippen LogP contribution is -2.25. The summed E-state index contributed by atoms with van der Waals surface area (Å²) in [5.41, 5.74) is 2.35. The van der Waals surface area contributed by atoms with Crippen molar-refractivity contribution in [1.82, 2.24) is 10.0 Å². The summed E-state index contributed by atoms with van der Waals surface area (Å²) in [4.78, 5) is 20.4. The molecule has 2 aromatic rings. The number of nitrogens with one attached hydrogen (secondary N) is 1. The van der Waals surface area contributed by atoms with Gasteiger partial charge in [0.15, 0.2) is 0 Å². The number of H-pyrrole nitrogens is 1. The molecule has 0 saturated heterocycles. The summed E-state index contributed by atoms with van der Waals surface area (Å²) in [5, 5.41) is 2.02. The van der Waals surface area contributed by atoms with Crippen LogP contribution in [0.3, 0.4) is 0 Å². The van der Waals surface area contributed by atoms with Crippen molar-refractivity contribution < 1.29 is 19.1 Å². The van der Waals surface area contributed by atoms with Crippen LogP contribution in [0.15, 0.2) is 12.1 Å². The van der Waals surface area contributed by atoms with Crippen LogP contribution in [0.2, 0.25) is 0 Å². The molecule has 0 spiro atoms. The molecule has 22 heavy (non-hydrogen) atoms. The minimum Gasteiger partial charge on any atom is -0.493 e. The summed E-state index contributed by atoms with van der Waals surface area (Å²) in [6.45, 7) is 4.53. The molecule has 6 heteroatoms. The fourth-order valence-electron chi connectivity index (χ4n) is 2.77. The summed E-state index contributed by atoms with van der Waals surface area (Å²) in [5.74, 6) is 1.33. The lowest BCUT2D eigenvalue weighted by Gasteiger charge is -2.11. The average molecular weight is 304 g/mol. The second-order valence-electron chi connectivity index (χ2n) is 5.39. The highest BCUT2D eigenvalue weighted by Gasteiger charge is 2.26. The highest BCUT2D eigenvalue weighted by Crippen LogP contribution is 2.41. The fraction of sp³-hybridized carbons (Fsp3) is 0.438. The Balaban J connectivity index is 2.15. The average Bonchev–Trinajstić information content (AvgIpc) is 3.09. The van der Waals surface area contributed by atoms with Gasteiger partial charge in [-0.15, -0.1) is 0 Å². The molecule has 1 aliphatic heterocycles. The first-order valence-corrected chi connectivity index (χ1v) is 7.35. The Kier molecular flexibility index (Phi) is 3.70. The molecule has 1 aromatic carbocycles. The number of rotatable bonds is 4. The van der Waals surface area contributed by atoms with Crippen LogP contribution in [0.1, 0.15) is 29.9 Å². The number of ether oxygens (including phenoxy) is 2. The number of hydrogen-bond acceptors (Lipinski definition) is 4. The van der Waals surface area contributed by atoms with Crippen LogP contribution in [0.25, 0.3) is 10.9 Å². The quantitative estimate of drug-likeness (QED) is 0.882. The zero-order valence-electron chi connectivity index (χ0n) is 13.2. The number of fused-ring (bicyclic) bond motifs is 3. The van der Waals surface area contributed by atoms with Crippen molar-refractivity contribution in [1.29, 1.82) is 0 Å². The summed E-state index contributed by atoms with van der Waals surface area (Å²) in [7, 11) is 3.02. The van der Waals surface area contributed by atoms with Crippen LogP contribution in [0, 0.1) is 0 Å². The van der Waals surface area contributed by atoms with E-state index in [0.29, 0.717) is 12.3 Å². The molecule has 1 atom stereocenters. The lowest BCUT2D eigenvalue weighted by atomic mass is 10.1. The van der Waals surface area contributed by atoms with Crippen LogP contribution in [-0.4, -0.2) is 42.8 Å². The molecule has 0 aliphatic carbocycles. The van der Waals surface area contributed by atoms with Gasteiger partial charge in [-0.1, -0.05) is 0 Å². The smallest absolute Gasteiger partial charge is 0.293 e. The fourth-order valence-corrected chi connectivity index (χ4v) is 2.77. The van der Waals surface area contributed by atoms with E-state index in [9.17, 15) is 4.79 Å². The van der Waals surface area contributed by atoms with Gasteiger partial charge < -0.3 is 14.5 Å². The molecule has 0 bridgehead atoms. The van der Waals surface area contributed by atoms with E-state index in [0.717, 1.165) is 34.4 Å². The first-order valence-electron chi connectivity index (χ1n) is 7.35. The molecule has 6 nitrogen and oxygen atoms in total. The number of carbonyl (C=O) groups is 1. The molecule has 1 N–H and O–H groups in total. The highest BCUT2D eigenvalue weighted by molar-refractivity contribution is 6.01. The van der Waals surface area contributed by atoms with Crippen molar-refractivity contribution in [3.63, 3.8) is 0 Å². The van der Waals surface area contributed by atoms with E-state index in [1.54, 1.807) is 13.1 Å². The van der Waals surface area contributed by atoms with E-state index in [4.69, 9.17) is 14.3 Å². The zero-order chi connectivity index (χ0) is 15.9. The van der Waals surface area contributed by atoms with Gasteiger partial charge in [-0.05, 0) is 26.0 Å². The Morgan fingerprint density at radius 3 is 2.95 bits per heavy atom. The largest absolute Gasteiger partial charge is 0.493 e. The molecule has 1 unspecified atom stereocenters. The number of hydrogen-bond donors (Lipinski definition) is 1. The number of hydroxylamine groups is 2. The van der Waals surface area contributed by atoms with E-state index >= 15 is 0 Å². The van der Waals surface area contributed by atoms with E-state index in [1.165, 1.54) is 12.2 Å². The van der Waals surface area contributed by atoms with E-state index in [1.807, 2.05) is 19.9 Å². The lowest BCUT2D eigenvalue weighted by molar-refractivity contribution is -0.0759. The minimum absolute atomic E-state index is 0.124. The molecule has 0 fully saturated rings. The Morgan fingerprint density at radius 1 is 1.50 bits per heavy atom. The van der Waals surface area contributed by atoms with Crippen LogP contribution in [0.4, 0.5) is 0 Å². The maximum atomic E-state index is 12.3. The first-order chi connectivity index (χ1) is 10.5. The summed E-state index contributed by atoms with van der Waals surface area (Å²) >= 11 is 0. The van der Waals surface area contributed by atoms with Crippen LogP contribution < -0.4 is 9.47 Å². The minimum atomic E-state index is -0.249. The number of aromatic amines is 1. The van der Waals surface area contributed by atoms with Crippen molar-refractivity contribution in [2.45, 2.75) is 26.4 Å². The Labute approximate surface area is 128 Å². The Hall–Kier alpha value is -2.21. The third-order valence-electron chi connectivity index (χ3n) is 3.82. The van der Waals surface area contributed by atoms with Crippen molar-refractivity contribution in [2.75, 3.05) is 20.8 Å². The van der Waals surface area contributed by atoms with Gasteiger partial charge >= 0.3 is 0 Å². The summed E-state index contributed by atoms with van der Waals surface area (Å²) < 4.78 is 11.6. The highest BCUT2D eigenvalue weighted by atomic mass is 16.7. The number of benzene rings is 1. The number of nitrogens with zero attached hydrogens (tertiary/aromatic N) is 1. The number of carbonyl (C=O) groups excluding carboxylic acids is 1. The Morgan fingerprint density at radius 2 is 2.27 bits per heavy atom. The van der Waals surface area contributed by atoms with Crippen molar-refractivity contribution in [3.8, 4) is 11.5 Å². The molecule has 1 aliphatic rings. The molecule has 2 heterocycles. The predicted octanol–water partition coefficient (Wildman–Crippen LogP) is 2.52. The van der Waals surface area contributed by atoms with Crippen molar-refractivity contribution in [2.24, 2.45) is 0 Å². The SMILES string of the molecule is CCOc1cc2c(c3[nH]c(C(=O)N(C)OC)cc13)OC(C)C2. The molecular weight excluding hydrogens is 284 g/mol. The number of aromatic nitrogens is 1. The first kappa shape index (κ1) is 14.7. The predicted molar refractivity (Wildman–Crippen MR) is 82.4 cm³/mol. The van der Waals surface area contributed by atoms with Crippen molar-refractivity contribution in [3.05, 3.63) is 23.4 Å². The monoisotopic (exact) mass is 304 g/mol. The second-order valence-corrected chi connectivity index (χ2v) is 5.39. The van der Waals surface area contributed by atoms with Crippen molar-refractivity contribution >= 4 is 16.8 Å². The maximum absolute atomic E-state index is 12.3. The van der Waals surface area contributed by atoms with Gasteiger partial charge in [-0.2, -0.15) is 0 Å². The van der Waals surface area contributed by atoms with Gasteiger partial charge in [-0.3, -0.25) is 9.63 Å². The van der Waals surface area contributed by atoms with Crippen LogP contribution in [-0.2, 0) is 11.3 Å². The van der Waals surface area contributed by atoms with Gasteiger partial charge in [0.1, 0.15) is 23.3 Å². The molecule has 118 valence electrons. The maximum Gasteiger partial charge on any atom is 0.293 e. The van der Waals surface area contributed by atoms with E-state index < -0.39 is 0 Å². The summed E-state index contributed by atoms with van der Waals surface area (Å²) in [6, 6.07) is 3.79. The van der Waals surface area contributed by atoms with Gasteiger partial charge in [0.2, 0.25) is 0 Å². The van der Waals surface area contributed by atoms with Gasteiger partial charge in [0.25, 0.3) is 5.91 Å². The molecular formula is C16H20N2O4. The van der Waals surface area contributed by atoms with Crippen LogP contribution >= 0.6 is 0 Å². The standard InChI is InChI=1S/C16H20N2O4/c1-5-21-13-7-10-6-9(2)22-15(10)14-11(13)8-12(17-14)16(19)18(3)20-4/h7-9,17H,5-6H2,1-4H3. The molecule has 1 aromatic heterocycles.